The number of carbonyl (C=O) groups excluding carboxylic acids is 1. The molecule has 124 valence electrons. The molecule has 0 aliphatic carbocycles. The van der Waals surface area contributed by atoms with Gasteiger partial charge in [-0.1, -0.05) is 22.8 Å². The predicted molar refractivity (Wildman–Crippen MR) is 93.8 cm³/mol. The van der Waals surface area contributed by atoms with Crippen molar-refractivity contribution in [1.29, 1.82) is 0 Å². The molecule has 0 bridgehead atoms. The lowest BCUT2D eigenvalue weighted by Crippen LogP contribution is -2.14. The number of halogens is 1. The molecular weight excluding hydrogens is 328 g/mol. The second-order valence-corrected chi connectivity index (χ2v) is 6.07. The summed E-state index contributed by atoms with van der Waals surface area (Å²) in [4.78, 5) is 12.3. The van der Waals surface area contributed by atoms with Gasteiger partial charge < -0.3 is 14.6 Å². The number of anilines is 1. The third-order valence-electron chi connectivity index (χ3n) is 3.75. The van der Waals surface area contributed by atoms with E-state index in [-0.39, 0.29) is 12.3 Å². The fourth-order valence-electron chi connectivity index (χ4n) is 2.74. The number of ether oxygens (including phenoxy) is 1. The molecule has 3 aromatic rings. The highest BCUT2D eigenvalue weighted by Gasteiger charge is 2.15. The van der Waals surface area contributed by atoms with Gasteiger partial charge in [-0.15, -0.1) is 0 Å². The van der Waals surface area contributed by atoms with Gasteiger partial charge in [-0.2, -0.15) is 0 Å². The SMILES string of the molecule is COc1ccc(NC(=O)Cc2noc3cc(C)cc(C)c23)cc1Cl. The van der Waals surface area contributed by atoms with Crippen LogP contribution in [0.15, 0.2) is 34.9 Å². The number of aromatic nitrogens is 1. The normalized spacial score (nSPS) is 10.8. The molecule has 1 amide bonds. The molecular formula is C18H17ClN2O3. The summed E-state index contributed by atoms with van der Waals surface area (Å²) in [5.41, 5.74) is 4.06. The smallest absolute Gasteiger partial charge is 0.230 e. The molecule has 1 N–H and O–H groups in total. The lowest BCUT2D eigenvalue weighted by Gasteiger charge is -2.07. The standard InChI is InChI=1S/C18H17ClN2O3/c1-10-6-11(2)18-14(21-24-16(18)7-10)9-17(22)20-12-4-5-15(23-3)13(19)8-12/h4-8H,9H2,1-3H3,(H,20,22). The number of nitrogens with one attached hydrogen (secondary N) is 1. The number of fused-ring (bicyclic) bond motifs is 1. The molecule has 6 heteroatoms. The van der Waals surface area contributed by atoms with Crippen molar-refractivity contribution in [2.24, 2.45) is 0 Å². The van der Waals surface area contributed by atoms with Crippen molar-refractivity contribution < 1.29 is 14.1 Å². The molecule has 2 aromatic carbocycles. The molecule has 0 atom stereocenters. The average Bonchev–Trinajstić information content (AvgIpc) is 2.90. The van der Waals surface area contributed by atoms with Gasteiger partial charge in [0.15, 0.2) is 5.58 Å². The van der Waals surface area contributed by atoms with Crippen LogP contribution in [0.2, 0.25) is 5.02 Å². The van der Waals surface area contributed by atoms with Gasteiger partial charge in [-0.3, -0.25) is 4.79 Å². The van der Waals surface area contributed by atoms with Gasteiger partial charge in [0.05, 0.1) is 18.6 Å². The van der Waals surface area contributed by atoms with Gasteiger partial charge >= 0.3 is 0 Å². The Hall–Kier alpha value is -2.53. The molecule has 24 heavy (non-hydrogen) atoms. The zero-order valence-electron chi connectivity index (χ0n) is 13.6. The third-order valence-corrected chi connectivity index (χ3v) is 4.05. The average molecular weight is 345 g/mol. The molecule has 0 fully saturated rings. The van der Waals surface area contributed by atoms with Crippen LogP contribution >= 0.6 is 11.6 Å². The second kappa shape index (κ2) is 6.53. The van der Waals surface area contributed by atoms with E-state index in [4.69, 9.17) is 20.9 Å². The van der Waals surface area contributed by atoms with E-state index in [9.17, 15) is 4.79 Å². The minimum atomic E-state index is -0.189. The van der Waals surface area contributed by atoms with E-state index in [2.05, 4.69) is 10.5 Å². The summed E-state index contributed by atoms with van der Waals surface area (Å²) < 4.78 is 10.4. The molecule has 0 aliphatic rings. The zero-order valence-corrected chi connectivity index (χ0v) is 14.4. The monoisotopic (exact) mass is 344 g/mol. The minimum Gasteiger partial charge on any atom is -0.495 e. The number of methoxy groups -OCH3 is 1. The molecule has 1 aromatic heterocycles. The van der Waals surface area contributed by atoms with Gasteiger partial charge in [0.1, 0.15) is 11.4 Å². The number of amides is 1. The van der Waals surface area contributed by atoms with E-state index in [1.165, 1.54) is 0 Å². The summed E-state index contributed by atoms with van der Waals surface area (Å²) in [6.45, 7) is 3.98. The molecule has 0 spiro atoms. The summed E-state index contributed by atoms with van der Waals surface area (Å²) in [5.74, 6) is 0.370. The number of hydrogen-bond acceptors (Lipinski definition) is 4. The van der Waals surface area contributed by atoms with Gasteiger partial charge in [0.2, 0.25) is 5.91 Å². The first-order valence-corrected chi connectivity index (χ1v) is 7.84. The van der Waals surface area contributed by atoms with Crippen molar-refractivity contribution in [2.45, 2.75) is 20.3 Å². The Bertz CT molecular complexity index is 918. The molecule has 0 saturated carbocycles. The van der Waals surface area contributed by atoms with E-state index < -0.39 is 0 Å². The van der Waals surface area contributed by atoms with Gasteiger partial charge in [0.25, 0.3) is 0 Å². The highest BCUT2D eigenvalue weighted by molar-refractivity contribution is 6.32. The van der Waals surface area contributed by atoms with Crippen molar-refractivity contribution in [3.63, 3.8) is 0 Å². The zero-order chi connectivity index (χ0) is 17.3. The molecule has 5 nitrogen and oxygen atoms in total. The first-order valence-electron chi connectivity index (χ1n) is 7.47. The van der Waals surface area contributed by atoms with E-state index in [1.807, 2.05) is 26.0 Å². The summed E-state index contributed by atoms with van der Waals surface area (Å²) in [5, 5.41) is 8.18. The van der Waals surface area contributed by atoms with E-state index in [0.717, 1.165) is 16.5 Å². The summed E-state index contributed by atoms with van der Waals surface area (Å²) in [7, 11) is 1.54. The topological polar surface area (TPSA) is 64.4 Å². The highest BCUT2D eigenvalue weighted by Crippen LogP contribution is 2.28. The minimum absolute atomic E-state index is 0.126. The first kappa shape index (κ1) is 16.3. The van der Waals surface area contributed by atoms with Crippen LogP contribution in [0.4, 0.5) is 5.69 Å². The quantitative estimate of drug-likeness (QED) is 0.766. The summed E-state index contributed by atoms with van der Waals surface area (Å²) >= 11 is 6.07. The fourth-order valence-corrected chi connectivity index (χ4v) is 3.00. The maximum Gasteiger partial charge on any atom is 0.230 e. The fraction of sp³-hybridized carbons (Fsp3) is 0.222. The Labute approximate surface area is 144 Å². The van der Waals surface area contributed by atoms with Crippen LogP contribution in [0.1, 0.15) is 16.8 Å². The van der Waals surface area contributed by atoms with Crippen LogP contribution in [0.3, 0.4) is 0 Å². The largest absolute Gasteiger partial charge is 0.495 e. The third kappa shape index (κ3) is 3.21. The molecule has 1 heterocycles. The van der Waals surface area contributed by atoms with Crippen LogP contribution < -0.4 is 10.1 Å². The van der Waals surface area contributed by atoms with Crippen LogP contribution in [-0.4, -0.2) is 18.2 Å². The van der Waals surface area contributed by atoms with Crippen LogP contribution in [0, 0.1) is 13.8 Å². The highest BCUT2D eigenvalue weighted by atomic mass is 35.5. The number of carbonyl (C=O) groups is 1. The van der Waals surface area contributed by atoms with Gasteiger partial charge in [-0.25, -0.2) is 0 Å². The summed E-state index contributed by atoms with van der Waals surface area (Å²) in [6.07, 6.45) is 0.126. The molecule has 0 saturated heterocycles. The lowest BCUT2D eigenvalue weighted by molar-refractivity contribution is -0.115. The summed E-state index contributed by atoms with van der Waals surface area (Å²) in [6, 6.07) is 9.05. The van der Waals surface area contributed by atoms with Gasteiger partial charge in [-0.05, 0) is 49.2 Å². The van der Waals surface area contributed by atoms with Gasteiger partial charge in [0, 0.05) is 11.1 Å². The molecule has 0 aliphatic heterocycles. The molecule has 3 rings (SSSR count). The Morgan fingerprint density at radius 1 is 1.29 bits per heavy atom. The number of hydrogen-bond donors (Lipinski definition) is 1. The lowest BCUT2D eigenvalue weighted by atomic mass is 10.0. The molecule has 0 radical (unpaired) electrons. The van der Waals surface area contributed by atoms with Crippen molar-refractivity contribution in [3.8, 4) is 5.75 Å². The van der Waals surface area contributed by atoms with Crippen molar-refractivity contribution in [2.75, 3.05) is 12.4 Å². The predicted octanol–water partition coefficient (Wildman–Crippen LogP) is 4.29. The first-order chi connectivity index (χ1) is 11.5. The number of rotatable bonds is 4. The van der Waals surface area contributed by atoms with E-state index in [0.29, 0.717) is 27.7 Å². The van der Waals surface area contributed by atoms with Crippen LogP contribution in [-0.2, 0) is 11.2 Å². The van der Waals surface area contributed by atoms with Crippen molar-refractivity contribution in [3.05, 3.63) is 52.2 Å². The Morgan fingerprint density at radius 2 is 2.08 bits per heavy atom. The molecule has 0 unspecified atom stereocenters. The van der Waals surface area contributed by atoms with Crippen LogP contribution in [0.5, 0.6) is 5.75 Å². The maximum atomic E-state index is 12.3. The number of benzene rings is 2. The van der Waals surface area contributed by atoms with Crippen molar-refractivity contribution in [1.82, 2.24) is 5.16 Å². The second-order valence-electron chi connectivity index (χ2n) is 5.66. The van der Waals surface area contributed by atoms with Crippen molar-refractivity contribution >= 4 is 34.2 Å². The number of aryl methyl sites for hydroxylation is 2. The maximum absolute atomic E-state index is 12.3. The Balaban J connectivity index is 1.79. The van der Waals surface area contributed by atoms with Crippen LogP contribution in [0.25, 0.3) is 11.0 Å². The Kier molecular flexibility index (Phi) is 4.44. The van der Waals surface area contributed by atoms with E-state index >= 15 is 0 Å². The number of nitrogens with zero attached hydrogens (tertiary/aromatic N) is 1. The van der Waals surface area contributed by atoms with E-state index in [1.54, 1.807) is 25.3 Å². The Morgan fingerprint density at radius 3 is 2.79 bits per heavy atom.